The third-order valence-corrected chi connectivity index (χ3v) is 8.68. The summed E-state index contributed by atoms with van der Waals surface area (Å²) in [7, 11) is 0. The maximum Gasteiger partial charge on any atom is 0.259 e. The van der Waals surface area contributed by atoms with E-state index in [-0.39, 0.29) is 10.9 Å². The summed E-state index contributed by atoms with van der Waals surface area (Å²) in [5, 5.41) is 7.97. The van der Waals surface area contributed by atoms with E-state index in [9.17, 15) is 9.18 Å². The number of aromatic nitrogens is 3. The van der Waals surface area contributed by atoms with Crippen molar-refractivity contribution >= 4 is 50.6 Å². The molecule has 0 aliphatic carbocycles. The molecule has 1 fully saturated rings. The predicted molar refractivity (Wildman–Crippen MR) is 163 cm³/mol. The number of carbonyl (C=O) groups excluding carboxylic acids is 1. The highest BCUT2D eigenvalue weighted by Crippen LogP contribution is 2.37. The van der Waals surface area contributed by atoms with E-state index in [4.69, 9.17) is 22.4 Å². The zero-order valence-corrected chi connectivity index (χ0v) is 24.4. The average Bonchev–Trinajstić information content (AvgIpc) is 3.36. The van der Waals surface area contributed by atoms with Crippen LogP contribution in [-0.4, -0.2) is 38.5 Å². The third kappa shape index (κ3) is 5.21. The Hall–Kier alpha value is -3.79. The smallest absolute Gasteiger partial charge is 0.259 e. The highest BCUT2D eigenvalue weighted by molar-refractivity contribution is 9.10. The second-order valence-electron chi connectivity index (χ2n) is 9.98. The Morgan fingerprint density at radius 2 is 1.78 bits per heavy atom. The fourth-order valence-corrected chi connectivity index (χ4v) is 6.11. The Morgan fingerprint density at radius 3 is 2.54 bits per heavy atom. The second-order valence-corrected chi connectivity index (χ2v) is 11.2. The highest BCUT2D eigenvalue weighted by Gasteiger charge is 2.29. The molecule has 41 heavy (non-hydrogen) atoms. The summed E-state index contributed by atoms with van der Waals surface area (Å²) >= 11 is 9.99. The number of nitrogens with two attached hydrogens (primary N) is 1. The average molecular weight is 634 g/mol. The van der Waals surface area contributed by atoms with Crippen molar-refractivity contribution in [3.05, 3.63) is 111 Å². The zero-order chi connectivity index (χ0) is 28.5. The molecular formula is C31H27BrClFN6O. The van der Waals surface area contributed by atoms with Crippen molar-refractivity contribution in [2.45, 2.75) is 25.3 Å². The van der Waals surface area contributed by atoms with E-state index in [2.05, 4.69) is 38.4 Å². The van der Waals surface area contributed by atoms with Gasteiger partial charge in [-0.25, -0.2) is 9.37 Å². The molecule has 6 rings (SSSR count). The number of nitrogens with one attached hydrogen (secondary N) is 1. The summed E-state index contributed by atoms with van der Waals surface area (Å²) < 4.78 is 16.6. The number of amides is 1. The van der Waals surface area contributed by atoms with Crippen LogP contribution in [0.1, 0.15) is 40.2 Å². The molecule has 0 bridgehead atoms. The molecule has 0 saturated carbocycles. The molecule has 1 aliphatic heterocycles. The molecule has 0 unspecified atom stereocenters. The Kier molecular flexibility index (Phi) is 7.75. The van der Waals surface area contributed by atoms with Gasteiger partial charge in [0.1, 0.15) is 22.9 Å². The maximum absolute atomic E-state index is 14.4. The Morgan fingerprint density at radius 1 is 1.05 bits per heavy atom. The van der Waals surface area contributed by atoms with E-state index >= 15 is 0 Å². The van der Waals surface area contributed by atoms with Gasteiger partial charge in [0, 0.05) is 31.4 Å². The first-order chi connectivity index (χ1) is 20.0. The van der Waals surface area contributed by atoms with Gasteiger partial charge in [-0.05, 0) is 57.9 Å². The summed E-state index contributed by atoms with van der Waals surface area (Å²) in [6, 6.07) is 22.6. The van der Waals surface area contributed by atoms with Crippen LogP contribution >= 0.6 is 27.5 Å². The summed E-state index contributed by atoms with van der Waals surface area (Å²) in [5.74, 6) is -0.0137. The quantitative estimate of drug-likeness (QED) is 0.207. The number of carbonyl (C=O) groups is 1. The van der Waals surface area contributed by atoms with Crippen molar-refractivity contribution in [1.29, 1.82) is 0 Å². The van der Waals surface area contributed by atoms with E-state index in [1.54, 1.807) is 22.8 Å². The van der Waals surface area contributed by atoms with Gasteiger partial charge < -0.3 is 16.0 Å². The van der Waals surface area contributed by atoms with Crippen molar-refractivity contribution in [3.8, 4) is 11.3 Å². The van der Waals surface area contributed by atoms with Crippen LogP contribution in [0.3, 0.4) is 0 Å². The lowest BCUT2D eigenvalue weighted by Gasteiger charge is -2.32. The minimum atomic E-state index is -0.572. The molecule has 208 valence electrons. The van der Waals surface area contributed by atoms with Crippen molar-refractivity contribution in [2.75, 3.05) is 18.4 Å². The monoisotopic (exact) mass is 632 g/mol. The third-order valence-electron chi connectivity index (χ3n) is 7.57. The van der Waals surface area contributed by atoms with E-state index in [1.165, 1.54) is 11.6 Å². The van der Waals surface area contributed by atoms with Gasteiger partial charge in [0.15, 0.2) is 5.65 Å². The first kappa shape index (κ1) is 27.4. The predicted octanol–water partition coefficient (Wildman–Crippen LogP) is 7.17. The lowest BCUT2D eigenvalue weighted by atomic mass is 9.89. The van der Waals surface area contributed by atoms with Gasteiger partial charge in [0.2, 0.25) is 0 Å². The number of piperidine rings is 1. The second kappa shape index (κ2) is 11.6. The normalized spacial score (nSPS) is 14.0. The van der Waals surface area contributed by atoms with Crippen LogP contribution in [0, 0.1) is 5.82 Å². The number of anilines is 2. The number of hydrogen-bond donors (Lipinski definition) is 2. The van der Waals surface area contributed by atoms with Crippen LogP contribution in [0.4, 0.5) is 15.9 Å². The molecule has 7 nitrogen and oxygen atoms in total. The summed E-state index contributed by atoms with van der Waals surface area (Å²) in [6.07, 6.45) is 3.26. The van der Waals surface area contributed by atoms with Gasteiger partial charge in [-0.1, -0.05) is 72.3 Å². The molecule has 0 atom stereocenters. The van der Waals surface area contributed by atoms with Crippen LogP contribution in [-0.2, 0) is 6.54 Å². The van der Waals surface area contributed by atoms with Crippen LogP contribution in [0.5, 0.6) is 0 Å². The number of likely N-dealkylation sites (tertiary alicyclic amines) is 1. The van der Waals surface area contributed by atoms with Gasteiger partial charge in [0.05, 0.1) is 15.2 Å². The van der Waals surface area contributed by atoms with Crippen molar-refractivity contribution < 1.29 is 9.18 Å². The van der Waals surface area contributed by atoms with Gasteiger partial charge >= 0.3 is 0 Å². The SMILES string of the molecule is NCc1ccccc1-c1nn2c(Nc3cccc(F)c3Cl)c(C(=O)N3CCC(c4ccccc4)CC3)cnc2c1Br. The fraction of sp³-hybridized carbons (Fsp3) is 0.194. The van der Waals surface area contributed by atoms with Crippen molar-refractivity contribution in [1.82, 2.24) is 19.5 Å². The van der Waals surface area contributed by atoms with Crippen LogP contribution in [0.15, 0.2) is 83.5 Å². The number of nitrogens with zero attached hydrogens (tertiary/aromatic N) is 4. The molecular weight excluding hydrogens is 607 g/mol. The van der Waals surface area contributed by atoms with Crippen molar-refractivity contribution in [3.63, 3.8) is 0 Å². The standard InChI is InChI=1S/C31H27BrClFN6O/c32-26-28(22-10-5-4-9-21(22)17-35)38-40-29(37-25-12-6-11-24(34)27(25)33)23(18-36-30(26)40)31(41)39-15-13-20(14-16-39)19-7-2-1-3-8-19/h1-12,18,20,37H,13-17,35H2. The molecule has 0 radical (unpaired) electrons. The summed E-state index contributed by atoms with van der Waals surface area (Å²) in [4.78, 5) is 20.4. The molecule has 3 heterocycles. The number of halogens is 3. The van der Waals surface area contributed by atoms with Gasteiger partial charge in [0.25, 0.3) is 5.91 Å². The molecule has 3 aromatic carbocycles. The number of hydrogen-bond acceptors (Lipinski definition) is 5. The molecule has 2 aromatic heterocycles. The molecule has 10 heteroatoms. The van der Waals surface area contributed by atoms with Crippen molar-refractivity contribution in [2.24, 2.45) is 5.73 Å². The van der Waals surface area contributed by atoms with E-state index in [0.717, 1.165) is 24.0 Å². The first-order valence-electron chi connectivity index (χ1n) is 13.4. The lowest BCUT2D eigenvalue weighted by molar-refractivity contribution is 0.0713. The Balaban J connectivity index is 1.42. The van der Waals surface area contributed by atoms with Gasteiger partial charge in [-0.3, -0.25) is 4.79 Å². The molecule has 1 saturated heterocycles. The minimum Gasteiger partial charge on any atom is -0.338 e. The van der Waals surface area contributed by atoms with E-state index in [0.29, 0.717) is 58.4 Å². The Bertz CT molecular complexity index is 1740. The Labute approximate surface area is 250 Å². The summed E-state index contributed by atoms with van der Waals surface area (Å²) in [5.41, 5.74) is 10.8. The topological polar surface area (TPSA) is 88.5 Å². The minimum absolute atomic E-state index is 0.0838. The first-order valence-corrected chi connectivity index (χ1v) is 14.5. The van der Waals surface area contributed by atoms with E-state index in [1.807, 2.05) is 47.4 Å². The number of benzene rings is 3. The van der Waals surface area contributed by atoms with Gasteiger partial charge in [-0.15, -0.1) is 0 Å². The van der Waals surface area contributed by atoms with Crippen LogP contribution in [0.2, 0.25) is 5.02 Å². The van der Waals surface area contributed by atoms with Crippen LogP contribution in [0.25, 0.3) is 16.9 Å². The summed E-state index contributed by atoms with van der Waals surface area (Å²) in [6.45, 7) is 1.54. The lowest BCUT2D eigenvalue weighted by Crippen LogP contribution is -2.38. The number of rotatable bonds is 6. The fourth-order valence-electron chi connectivity index (χ4n) is 5.38. The molecule has 5 aromatic rings. The molecule has 0 spiro atoms. The maximum atomic E-state index is 14.4. The highest BCUT2D eigenvalue weighted by atomic mass is 79.9. The zero-order valence-electron chi connectivity index (χ0n) is 22.0. The van der Waals surface area contributed by atoms with Crippen LogP contribution < -0.4 is 11.1 Å². The molecule has 3 N–H and O–H groups in total. The molecule has 1 amide bonds. The number of fused-ring (bicyclic) bond motifs is 1. The molecule has 1 aliphatic rings. The van der Waals surface area contributed by atoms with Gasteiger partial charge in [-0.2, -0.15) is 9.61 Å². The largest absolute Gasteiger partial charge is 0.338 e. The van der Waals surface area contributed by atoms with E-state index < -0.39 is 5.82 Å².